The standard InChI is InChI=1S/C24H20N4O3S/c1-17-6-5-7-19(14-17)15-22-23(29)27(20-8-3-2-4-9-20)24(32-22)26-25-16-18-10-12-21(13-11-18)28(30)31/h2-14,16,22H,15H2,1H3. The zero-order valence-corrected chi connectivity index (χ0v) is 18.1. The van der Waals surface area contributed by atoms with Crippen LogP contribution in [0.1, 0.15) is 16.7 Å². The summed E-state index contributed by atoms with van der Waals surface area (Å²) in [5.41, 5.74) is 3.68. The number of hydrogen-bond donors (Lipinski definition) is 0. The molecule has 3 aromatic rings. The molecule has 1 unspecified atom stereocenters. The van der Waals surface area contributed by atoms with Crippen LogP contribution < -0.4 is 4.90 Å². The summed E-state index contributed by atoms with van der Waals surface area (Å²) >= 11 is 1.39. The Balaban J connectivity index is 1.58. The van der Waals surface area contributed by atoms with Gasteiger partial charge in [-0.15, -0.1) is 5.10 Å². The van der Waals surface area contributed by atoms with E-state index in [0.29, 0.717) is 17.2 Å². The van der Waals surface area contributed by atoms with Crippen LogP contribution in [0, 0.1) is 17.0 Å². The second-order valence-corrected chi connectivity index (χ2v) is 8.45. The Labute approximate surface area is 189 Å². The number of nitrogens with zero attached hydrogens (tertiary/aromatic N) is 4. The second-order valence-electron chi connectivity index (χ2n) is 7.28. The molecule has 3 aromatic carbocycles. The van der Waals surface area contributed by atoms with Crippen LogP contribution in [-0.4, -0.2) is 27.5 Å². The first-order valence-electron chi connectivity index (χ1n) is 9.98. The SMILES string of the molecule is Cc1cccc(CC2SC(=NN=Cc3ccc([N+](=O)[O-])cc3)N(c3ccccc3)C2=O)c1. The molecule has 160 valence electrons. The van der Waals surface area contributed by atoms with Crippen molar-refractivity contribution < 1.29 is 9.72 Å². The summed E-state index contributed by atoms with van der Waals surface area (Å²) in [6, 6.07) is 23.5. The molecule has 0 aliphatic carbocycles. The lowest BCUT2D eigenvalue weighted by molar-refractivity contribution is -0.384. The van der Waals surface area contributed by atoms with Crippen LogP contribution in [0.2, 0.25) is 0 Å². The number of para-hydroxylation sites is 1. The fourth-order valence-corrected chi connectivity index (χ4v) is 4.49. The van der Waals surface area contributed by atoms with Crippen LogP contribution in [0.25, 0.3) is 0 Å². The Hall–Kier alpha value is -3.78. The normalized spacial score (nSPS) is 17.4. The van der Waals surface area contributed by atoms with Gasteiger partial charge in [-0.05, 0) is 48.7 Å². The van der Waals surface area contributed by atoms with E-state index in [1.807, 2.05) is 55.5 Å². The van der Waals surface area contributed by atoms with E-state index >= 15 is 0 Å². The number of benzene rings is 3. The van der Waals surface area contributed by atoms with Gasteiger partial charge in [-0.1, -0.05) is 59.8 Å². The highest BCUT2D eigenvalue weighted by molar-refractivity contribution is 8.16. The lowest BCUT2D eigenvalue weighted by atomic mass is 10.1. The molecule has 0 saturated carbocycles. The third-order valence-corrected chi connectivity index (χ3v) is 6.03. The summed E-state index contributed by atoms with van der Waals surface area (Å²) in [5.74, 6) is -0.0352. The van der Waals surface area contributed by atoms with Gasteiger partial charge in [0.2, 0.25) is 5.91 Å². The van der Waals surface area contributed by atoms with Crippen LogP contribution in [0.4, 0.5) is 11.4 Å². The van der Waals surface area contributed by atoms with Crippen molar-refractivity contribution in [1.82, 2.24) is 0 Å². The zero-order chi connectivity index (χ0) is 22.5. The van der Waals surface area contributed by atoms with Crippen LogP contribution in [0.3, 0.4) is 0 Å². The molecular weight excluding hydrogens is 424 g/mol. The number of hydrogen-bond acceptors (Lipinski definition) is 6. The first kappa shape index (κ1) is 21.5. The van der Waals surface area contributed by atoms with Gasteiger partial charge in [0.1, 0.15) is 0 Å². The molecule has 8 heteroatoms. The highest BCUT2D eigenvalue weighted by Gasteiger charge is 2.39. The highest BCUT2D eigenvalue weighted by atomic mass is 32.2. The van der Waals surface area contributed by atoms with E-state index < -0.39 is 4.92 Å². The number of rotatable bonds is 6. The molecule has 4 rings (SSSR count). The van der Waals surface area contributed by atoms with Gasteiger partial charge in [0.15, 0.2) is 5.17 Å². The van der Waals surface area contributed by atoms with Crippen LogP contribution in [0.5, 0.6) is 0 Å². The van der Waals surface area contributed by atoms with Crippen LogP contribution in [-0.2, 0) is 11.2 Å². The lowest BCUT2D eigenvalue weighted by Gasteiger charge is -2.15. The Morgan fingerprint density at radius 3 is 2.50 bits per heavy atom. The van der Waals surface area contributed by atoms with Crippen molar-refractivity contribution in [2.75, 3.05) is 4.90 Å². The van der Waals surface area contributed by atoms with Crippen molar-refractivity contribution in [1.29, 1.82) is 0 Å². The van der Waals surface area contributed by atoms with E-state index in [4.69, 9.17) is 0 Å². The molecular formula is C24H20N4O3S. The molecule has 0 N–H and O–H groups in total. The fraction of sp³-hybridized carbons (Fsp3) is 0.125. The van der Waals surface area contributed by atoms with Gasteiger partial charge in [-0.2, -0.15) is 5.10 Å². The number of carbonyl (C=O) groups is 1. The summed E-state index contributed by atoms with van der Waals surface area (Å²) in [6.07, 6.45) is 2.11. The van der Waals surface area contributed by atoms with Crippen LogP contribution >= 0.6 is 11.8 Å². The van der Waals surface area contributed by atoms with Crippen molar-refractivity contribution in [2.24, 2.45) is 10.2 Å². The summed E-state index contributed by atoms with van der Waals surface area (Å²) in [4.78, 5) is 25.2. The maximum absolute atomic E-state index is 13.2. The molecule has 1 aliphatic rings. The molecule has 1 saturated heterocycles. The third kappa shape index (κ3) is 4.92. The third-order valence-electron chi connectivity index (χ3n) is 4.91. The average molecular weight is 445 g/mol. The summed E-state index contributed by atoms with van der Waals surface area (Å²) < 4.78 is 0. The topological polar surface area (TPSA) is 88.2 Å². The Bertz CT molecular complexity index is 1190. The van der Waals surface area contributed by atoms with E-state index in [0.717, 1.165) is 16.8 Å². The van der Waals surface area contributed by atoms with Crippen molar-refractivity contribution in [3.05, 3.63) is 106 Å². The minimum absolute atomic E-state index is 0.0136. The maximum atomic E-state index is 13.2. The number of nitro groups is 1. The highest BCUT2D eigenvalue weighted by Crippen LogP contribution is 2.34. The number of amides is 1. The Kier molecular flexibility index (Phi) is 6.42. The summed E-state index contributed by atoms with van der Waals surface area (Å²) in [7, 11) is 0. The first-order chi connectivity index (χ1) is 15.5. The van der Waals surface area contributed by atoms with Gasteiger partial charge in [0, 0.05) is 12.1 Å². The molecule has 1 fully saturated rings. The van der Waals surface area contributed by atoms with Crippen molar-refractivity contribution in [3.8, 4) is 0 Å². The molecule has 0 aromatic heterocycles. The van der Waals surface area contributed by atoms with Gasteiger partial charge in [0.05, 0.1) is 22.1 Å². The molecule has 1 heterocycles. The van der Waals surface area contributed by atoms with Crippen molar-refractivity contribution in [2.45, 2.75) is 18.6 Å². The van der Waals surface area contributed by atoms with E-state index in [9.17, 15) is 14.9 Å². The van der Waals surface area contributed by atoms with Gasteiger partial charge in [-0.25, -0.2) is 0 Å². The number of aryl methyl sites for hydroxylation is 1. The van der Waals surface area contributed by atoms with Crippen molar-refractivity contribution >= 4 is 40.4 Å². The molecule has 1 atom stereocenters. The van der Waals surface area contributed by atoms with Gasteiger partial charge >= 0.3 is 0 Å². The summed E-state index contributed by atoms with van der Waals surface area (Å²) in [6.45, 7) is 2.03. The van der Waals surface area contributed by atoms with Gasteiger partial charge in [0.25, 0.3) is 5.69 Å². The molecule has 1 amide bonds. The van der Waals surface area contributed by atoms with E-state index in [2.05, 4.69) is 16.3 Å². The Morgan fingerprint density at radius 1 is 1.06 bits per heavy atom. The number of carbonyl (C=O) groups excluding carboxylic acids is 1. The quantitative estimate of drug-likeness (QED) is 0.305. The smallest absolute Gasteiger partial charge is 0.269 e. The lowest BCUT2D eigenvalue weighted by Crippen LogP contribution is -2.32. The largest absolute Gasteiger partial charge is 0.273 e. The van der Waals surface area contributed by atoms with Gasteiger partial charge < -0.3 is 0 Å². The minimum Gasteiger partial charge on any atom is -0.273 e. The van der Waals surface area contributed by atoms with Crippen LogP contribution in [0.15, 0.2) is 89.1 Å². The number of non-ortho nitro benzene ring substituents is 1. The van der Waals surface area contributed by atoms with Crippen molar-refractivity contribution in [3.63, 3.8) is 0 Å². The predicted molar refractivity (Wildman–Crippen MR) is 128 cm³/mol. The van der Waals surface area contributed by atoms with E-state index in [1.165, 1.54) is 30.1 Å². The fourth-order valence-electron chi connectivity index (χ4n) is 3.36. The maximum Gasteiger partial charge on any atom is 0.269 e. The molecule has 7 nitrogen and oxygen atoms in total. The molecule has 0 radical (unpaired) electrons. The second kappa shape index (κ2) is 9.57. The average Bonchev–Trinajstić information content (AvgIpc) is 3.09. The zero-order valence-electron chi connectivity index (χ0n) is 17.3. The Morgan fingerprint density at radius 2 is 1.81 bits per heavy atom. The minimum atomic E-state index is -0.450. The molecule has 0 spiro atoms. The molecule has 0 bridgehead atoms. The number of thioether (sulfide) groups is 1. The number of nitro benzene ring substituents is 1. The number of amidine groups is 1. The monoisotopic (exact) mass is 444 g/mol. The summed E-state index contributed by atoms with van der Waals surface area (Å²) in [5, 5.41) is 19.4. The van der Waals surface area contributed by atoms with Gasteiger partial charge in [-0.3, -0.25) is 19.8 Å². The first-order valence-corrected chi connectivity index (χ1v) is 10.9. The molecule has 1 aliphatic heterocycles. The molecule has 32 heavy (non-hydrogen) atoms. The van der Waals surface area contributed by atoms with E-state index in [1.54, 1.807) is 17.0 Å². The van der Waals surface area contributed by atoms with E-state index in [-0.39, 0.29) is 16.8 Å². The number of anilines is 1. The predicted octanol–water partition coefficient (Wildman–Crippen LogP) is 4.98.